The second-order valence-electron chi connectivity index (χ2n) is 10.9. The summed E-state index contributed by atoms with van der Waals surface area (Å²) in [7, 11) is 3.99. The van der Waals surface area contributed by atoms with Crippen LogP contribution >= 0.6 is 23.2 Å². The molecule has 2 aliphatic carbocycles. The number of rotatable bonds is 4. The summed E-state index contributed by atoms with van der Waals surface area (Å²) in [6.07, 6.45) is 3.26. The normalized spacial score (nSPS) is 29.3. The van der Waals surface area contributed by atoms with Crippen LogP contribution < -0.4 is 9.47 Å². The number of carbonyl (C=O) groups excluding carboxylic acids is 2. The van der Waals surface area contributed by atoms with Crippen molar-refractivity contribution in [2.75, 3.05) is 20.6 Å². The number of aromatic hydroxyl groups is 1. The molecule has 2 aromatic rings. The van der Waals surface area contributed by atoms with Crippen LogP contribution in [0.5, 0.6) is 17.2 Å². The lowest BCUT2D eigenvalue weighted by Gasteiger charge is -2.59. The van der Waals surface area contributed by atoms with E-state index in [1.165, 1.54) is 13.0 Å². The number of likely N-dealkylation sites (tertiary alicyclic amines) is 1. The Hall–Kier alpha value is -2.48. The minimum absolute atomic E-state index is 0.0153. The summed E-state index contributed by atoms with van der Waals surface area (Å²) in [5, 5.41) is 11.9. The van der Waals surface area contributed by atoms with Gasteiger partial charge in [-0.3, -0.25) is 9.59 Å². The van der Waals surface area contributed by atoms with Gasteiger partial charge in [-0.25, -0.2) is 0 Å². The topological polar surface area (TPSA) is 79.3 Å². The molecule has 2 aliphatic heterocycles. The summed E-state index contributed by atoms with van der Waals surface area (Å²) in [5.74, 6) is 0.769. The van der Waals surface area contributed by atoms with Crippen LogP contribution in [0.2, 0.25) is 10.0 Å². The fraction of sp³-hybridized carbons (Fsp3) is 0.500. The van der Waals surface area contributed by atoms with Crippen LogP contribution in [-0.2, 0) is 27.8 Å². The summed E-state index contributed by atoms with van der Waals surface area (Å²) in [4.78, 5) is 29.6. The first-order chi connectivity index (χ1) is 17.6. The summed E-state index contributed by atoms with van der Waals surface area (Å²) in [6, 6.07) is 6.88. The number of phenols is 1. The Kier molecular flexibility index (Phi) is 5.90. The van der Waals surface area contributed by atoms with Crippen LogP contribution in [0.1, 0.15) is 42.9 Å². The Morgan fingerprint density at radius 1 is 1.24 bits per heavy atom. The predicted molar refractivity (Wildman–Crippen MR) is 140 cm³/mol. The van der Waals surface area contributed by atoms with Gasteiger partial charge in [-0.15, -0.1) is 0 Å². The van der Waals surface area contributed by atoms with Gasteiger partial charge in [-0.05, 0) is 62.9 Å². The quantitative estimate of drug-likeness (QED) is 0.455. The third-order valence-electron chi connectivity index (χ3n) is 9.14. The first-order valence-corrected chi connectivity index (χ1v) is 13.5. The number of esters is 1. The zero-order valence-corrected chi connectivity index (χ0v) is 22.6. The molecule has 1 N–H and O–H groups in total. The Morgan fingerprint density at radius 2 is 2.03 bits per heavy atom. The van der Waals surface area contributed by atoms with Crippen LogP contribution in [0, 0.1) is 5.92 Å². The van der Waals surface area contributed by atoms with E-state index in [9.17, 15) is 14.7 Å². The fourth-order valence-electron chi connectivity index (χ4n) is 7.54. The molecule has 2 fully saturated rings. The predicted octanol–water partition coefficient (Wildman–Crippen LogP) is 4.36. The molecule has 2 bridgehead atoms. The number of likely N-dealkylation sites (N-methyl/N-ethyl adjacent to an activating group) is 2. The van der Waals surface area contributed by atoms with Crippen molar-refractivity contribution in [2.45, 2.75) is 62.6 Å². The van der Waals surface area contributed by atoms with E-state index in [1.807, 2.05) is 18.0 Å². The highest BCUT2D eigenvalue weighted by molar-refractivity contribution is 6.42. The van der Waals surface area contributed by atoms with Crippen LogP contribution in [0.3, 0.4) is 0 Å². The van der Waals surface area contributed by atoms with E-state index >= 15 is 0 Å². The highest BCUT2D eigenvalue weighted by Crippen LogP contribution is 2.65. The van der Waals surface area contributed by atoms with Gasteiger partial charge >= 0.3 is 5.97 Å². The third-order valence-corrected chi connectivity index (χ3v) is 9.87. The molecule has 7 nitrogen and oxygen atoms in total. The third kappa shape index (κ3) is 3.65. The number of ether oxygens (including phenoxy) is 2. The van der Waals surface area contributed by atoms with Crippen molar-refractivity contribution in [1.82, 2.24) is 9.80 Å². The molecule has 0 radical (unpaired) electrons. The van der Waals surface area contributed by atoms with E-state index in [2.05, 4.69) is 11.9 Å². The lowest BCUT2D eigenvalue weighted by Crippen LogP contribution is -2.68. The number of hydrogen-bond acceptors (Lipinski definition) is 6. The van der Waals surface area contributed by atoms with Crippen molar-refractivity contribution in [3.8, 4) is 17.2 Å². The summed E-state index contributed by atoms with van der Waals surface area (Å²) in [6.45, 7) is 2.27. The van der Waals surface area contributed by atoms with E-state index in [0.717, 1.165) is 48.9 Å². The Bertz CT molecular complexity index is 1320. The van der Waals surface area contributed by atoms with Crippen molar-refractivity contribution >= 4 is 35.1 Å². The molecule has 1 amide bonds. The zero-order valence-electron chi connectivity index (χ0n) is 21.1. The Labute approximate surface area is 226 Å². The molecule has 37 heavy (non-hydrogen) atoms. The molecular weight excluding hydrogens is 515 g/mol. The average molecular weight is 545 g/mol. The first-order valence-electron chi connectivity index (χ1n) is 12.8. The number of phenolic OH excluding ortho intramolecular Hbond substituents is 1. The van der Waals surface area contributed by atoms with E-state index in [-0.39, 0.29) is 41.7 Å². The molecular formula is C28H30Cl2N2O5. The van der Waals surface area contributed by atoms with E-state index in [4.69, 9.17) is 32.7 Å². The molecule has 1 spiro atoms. The maximum absolute atomic E-state index is 13.5. The minimum Gasteiger partial charge on any atom is -0.504 e. The first kappa shape index (κ1) is 24.8. The molecule has 4 aliphatic rings. The molecule has 2 heterocycles. The van der Waals surface area contributed by atoms with Gasteiger partial charge < -0.3 is 24.4 Å². The van der Waals surface area contributed by atoms with Crippen LogP contribution in [0.25, 0.3) is 0 Å². The Balaban J connectivity index is 1.39. The van der Waals surface area contributed by atoms with E-state index < -0.39 is 5.97 Å². The molecule has 6 rings (SSSR count). The second-order valence-corrected chi connectivity index (χ2v) is 11.7. The van der Waals surface area contributed by atoms with E-state index in [0.29, 0.717) is 27.5 Å². The van der Waals surface area contributed by atoms with Gasteiger partial charge in [0.15, 0.2) is 11.5 Å². The number of amides is 1. The van der Waals surface area contributed by atoms with Gasteiger partial charge in [0.05, 0.1) is 22.5 Å². The molecule has 5 atom stereocenters. The number of carbonyl (C=O) groups is 2. The van der Waals surface area contributed by atoms with Gasteiger partial charge in [0.1, 0.15) is 11.9 Å². The van der Waals surface area contributed by atoms with Gasteiger partial charge in [0.2, 0.25) is 5.91 Å². The molecule has 1 saturated heterocycles. The van der Waals surface area contributed by atoms with Crippen LogP contribution in [0.4, 0.5) is 0 Å². The zero-order chi connectivity index (χ0) is 26.2. The molecule has 2 aromatic carbocycles. The van der Waals surface area contributed by atoms with Gasteiger partial charge in [-0.2, -0.15) is 0 Å². The average Bonchev–Trinajstić information content (AvgIpc) is 3.19. The number of halogens is 2. The fourth-order valence-corrected chi connectivity index (χ4v) is 7.86. The van der Waals surface area contributed by atoms with Crippen LogP contribution in [0.15, 0.2) is 24.3 Å². The van der Waals surface area contributed by atoms with Gasteiger partial charge in [0.25, 0.3) is 0 Å². The van der Waals surface area contributed by atoms with E-state index in [1.54, 1.807) is 12.1 Å². The van der Waals surface area contributed by atoms with Gasteiger partial charge in [0, 0.05) is 42.6 Å². The summed E-state index contributed by atoms with van der Waals surface area (Å²) in [5.41, 5.74) is 2.38. The molecule has 196 valence electrons. The lowest BCUT2D eigenvalue weighted by atomic mass is 9.51. The summed E-state index contributed by atoms with van der Waals surface area (Å²) >= 11 is 12.2. The number of hydrogen-bond donors (Lipinski definition) is 1. The SMILES string of the molecule is CC(=O)Oc1cc(O)c2c3c1C[C@@H]1[C@@H]4CC[C@H](N(C)C(=O)Cc5ccc(Cl)c(Cl)c5)[C@H](O2)[C@]34CCN1C. The summed E-state index contributed by atoms with van der Waals surface area (Å²) < 4.78 is 12.2. The van der Waals surface area contributed by atoms with Crippen LogP contribution in [-0.4, -0.2) is 65.6 Å². The molecule has 1 saturated carbocycles. The van der Waals surface area contributed by atoms with Crippen molar-refractivity contribution < 1.29 is 24.2 Å². The smallest absolute Gasteiger partial charge is 0.308 e. The largest absolute Gasteiger partial charge is 0.504 e. The lowest BCUT2D eigenvalue weighted by molar-refractivity contribution is -0.139. The monoisotopic (exact) mass is 544 g/mol. The van der Waals surface area contributed by atoms with Crippen molar-refractivity contribution in [3.05, 3.63) is 51.0 Å². The number of nitrogens with zero attached hydrogens (tertiary/aromatic N) is 2. The molecule has 0 aromatic heterocycles. The standard InChI is InChI=1S/C28H30Cl2N2O5/c1-14(33)36-23-13-22(34)26-25-16(23)12-21-17-5-7-20(27(37-26)28(17,25)8-9-31(21)2)32(3)24(35)11-15-4-6-18(29)19(30)10-15/h4,6,10,13,17,20-21,27,34H,5,7-9,11-12H2,1-3H3/t17-,20-,21+,27-,28-/m0/s1. The van der Waals surface area contributed by atoms with Gasteiger partial charge in [-0.1, -0.05) is 29.3 Å². The number of piperidine rings is 1. The molecule has 9 heteroatoms. The Morgan fingerprint density at radius 3 is 2.76 bits per heavy atom. The second kappa shape index (κ2) is 8.79. The highest BCUT2D eigenvalue weighted by Gasteiger charge is 2.66. The maximum atomic E-state index is 13.5. The van der Waals surface area contributed by atoms with Crippen molar-refractivity contribution in [1.29, 1.82) is 0 Å². The minimum atomic E-state index is -0.418. The highest BCUT2D eigenvalue weighted by atomic mass is 35.5. The van der Waals surface area contributed by atoms with Crippen molar-refractivity contribution in [2.24, 2.45) is 5.92 Å². The number of benzene rings is 2. The van der Waals surface area contributed by atoms with Crippen molar-refractivity contribution in [3.63, 3.8) is 0 Å². The molecule has 0 unspecified atom stereocenters. The maximum Gasteiger partial charge on any atom is 0.308 e.